The van der Waals surface area contributed by atoms with Crippen LogP contribution in [0.25, 0.3) is 0 Å². The summed E-state index contributed by atoms with van der Waals surface area (Å²) in [5, 5.41) is 0.656. The molecule has 0 radical (unpaired) electrons. The molecule has 0 saturated carbocycles. The minimum atomic E-state index is -0.487. The van der Waals surface area contributed by atoms with Gasteiger partial charge >= 0.3 is 0 Å². The highest BCUT2D eigenvalue weighted by Gasteiger charge is 2.10. The zero-order valence-corrected chi connectivity index (χ0v) is 8.72. The molecule has 1 N–H and O–H groups in total. The molecule has 0 aromatic heterocycles. The Hall–Kier alpha value is -0.640. The number of hydrogen-bond donors (Lipinski definition) is 1. The molecule has 0 bridgehead atoms. The fourth-order valence-corrected chi connectivity index (χ4v) is 1.44. The lowest BCUT2D eigenvalue weighted by molar-refractivity contribution is 0.0527. The Balaban J connectivity index is 2.62. The number of hydrogen-bond acceptors (Lipinski definition) is 2. The molecule has 0 fully saturated rings. The molecule has 1 aromatic rings. The Labute approximate surface area is 88.0 Å². The molecule has 0 aliphatic heterocycles. The van der Waals surface area contributed by atoms with Gasteiger partial charge in [-0.15, -0.1) is 0 Å². The average molecular weight is 218 g/mol. The van der Waals surface area contributed by atoms with Gasteiger partial charge in [-0.3, -0.25) is 0 Å². The molecule has 0 heterocycles. The van der Waals surface area contributed by atoms with E-state index >= 15 is 0 Å². The molecule has 0 spiro atoms. The van der Waals surface area contributed by atoms with E-state index in [0.717, 1.165) is 5.56 Å². The Kier molecular flexibility index (Phi) is 4.87. The Morgan fingerprint density at radius 1 is 1.50 bits per heavy atom. The van der Waals surface area contributed by atoms with Gasteiger partial charge in [0.1, 0.15) is 6.67 Å². The zero-order valence-electron chi connectivity index (χ0n) is 7.97. The lowest BCUT2D eigenvalue weighted by Crippen LogP contribution is -2.32. The summed E-state index contributed by atoms with van der Waals surface area (Å²) in [6.07, 6.45) is 0.518. The first-order valence-corrected chi connectivity index (χ1v) is 4.73. The van der Waals surface area contributed by atoms with E-state index in [0.29, 0.717) is 11.4 Å². The fraction of sp³-hybridized carbons (Fsp3) is 0.400. The van der Waals surface area contributed by atoms with E-state index in [1.54, 1.807) is 6.07 Å². The third kappa shape index (κ3) is 3.25. The zero-order chi connectivity index (χ0) is 10.4. The van der Waals surface area contributed by atoms with Crippen LogP contribution in [0.2, 0.25) is 5.02 Å². The molecular weight excluding hydrogens is 205 g/mol. The van der Waals surface area contributed by atoms with Crippen LogP contribution in [0.1, 0.15) is 5.56 Å². The van der Waals surface area contributed by atoms with Crippen molar-refractivity contribution in [2.24, 2.45) is 0 Å². The number of nitrogens with one attached hydrogen (secondary N) is 1. The van der Waals surface area contributed by atoms with Gasteiger partial charge in [-0.1, -0.05) is 29.8 Å². The lowest BCUT2D eigenvalue weighted by Gasteiger charge is -2.13. The number of rotatable bonds is 5. The van der Waals surface area contributed by atoms with Crippen LogP contribution in [0, 0.1) is 0 Å². The lowest BCUT2D eigenvalue weighted by atomic mass is 10.1. The first kappa shape index (κ1) is 11.4. The second-order valence-electron chi connectivity index (χ2n) is 2.97. The van der Waals surface area contributed by atoms with Gasteiger partial charge in [0.15, 0.2) is 0 Å². The van der Waals surface area contributed by atoms with E-state index in [1.807, 2.05) is 18.2 Å². The van der Waals surface area contributed by atoms with Crippen LogP contribution in [-0.2, 0) is 11.3 Å². The van der Waals surface area contributed by atoms with Gasteiger partial charge < -0.3 is 4.84 Å². The van der Waals surface area contributed by atoms with E-state index in [9.17, 15) is 4.39 Å². The van der Waals surface area contributed by atoms with Crippen LogP contribution in [0.15, 0.2) is 24.3 Å². The molecule has 1 rings (SSSR count). The second kappa shape index (κ2) is 5.96. The highest BCUT2D eigenvalue weighted by Crippen LogP contribution is 2.16. The maximum absolute atomic E-state index is 12.5. The number of alkyl halides is 1. The smallest absolute Gasteiger partial charge is 0.107 e. The summed E-state index contributed by atoms with van der Waals surface area (Å²) in [6, 6.07) is 7.05. The summed E-state index contributed by atoms with van der Waals surface area (Å²) in [6.45, 7) is -0.487. The van der Waals surface area contributed by atoms with Crippen molar-refractivity contribution in [2.75, 3.05) is 13.8 Å². The molecule has 1 atom stereocenters. The summed E-state index contributed by atoms with van der Waals surface area (Å²) >= 11 is 5.93. The van der Waals surface area contributed by atoms with Crippen molar-refractivity contribution in [2.45, 2.75) is 12.5 Å². The molecule has 0 aliphatic carbocycles. The summed E-state index contributed by atoms with van der Waals surface area (Å²) in [5.41, 5.74) is 3.49. The Morgan fingerprint density at radius 3 is 2.79 bits per heavy atom. The Bertz CT molecular complexity index is 283. The standard InChI is InChI=1S/C10H13ClFNO/c1-14-13-9(7-12)6-8-4-2-3-5-10(8)11/h2-5,9,13H,6-7H2,1H3. The monoisotopic (exact) mass is 217 g/mol. The summed E-state index contributed by atoms with van der Waals surface area (Å²) in [7, 11) is 1.47. The van der Waals surface area contributed by atoms with Gasteiger partial charge in [-0.2, -0.15) is 5.48 Å². The third-order valence-corrected chi connectivity index (χ3v) is 2.26. The first-order valence-electron chi connectivity index (χ1n) is 4.35. The van der Waals surface area contributed by atoms with Gasteiger partial charge in [0.25, 0.3) is 0 Å². The summed E-state index contributed by atoms with van der Waals surface area (Å²) in [4.78, 5) is 4.67. The maximum atomic E-state index is 12.5. The quantitative estimate of drug-likeness (QED) is 0.765. The largest absolute Gasteiger partial charge is 0.305 e. The van der Waals surface area contributed by atoms with Crippen LogP contribution < -0.4 is 5.48 Å². The summed E-state index contributed by atoms with van der Waals surface area (Å²) in [5.74, 6) is 0. The van der Waals surface area contributed by atoms with Gasteiger partial charge in [-0.05, 0) is 18.1 Å². The van der Waals surface area contributed by atoms with Crippen LogP contribution in [0.5, 0.6) is 0 Å². The van der Waals surface area contributed by atoms with E-state index in [4.69, 9.17) is 11.6 Å². The van der Waals surface area contributed by atoms with E-state index < -0.39 is 6.67 Å². The van der Waals surface area contributed by atoms with Crippen molar-refractivity contribution in [1.82, 2.24) is 5.48 Å². The SMILES string of the molecule is CONC(CF)Cc1ccccc1Cl. The minimum absolute atomic E-state index is 0.347. The van der Waals surface area contributed by atoms with Crippen LogP contribution >= 0.6 is 11.6 Å². The number of benzene rings is 1. The van der Waals surface area contributed by atoms with Crippen LogP contribution in [-0.4, -0.2) is 19.8 Å². The molecule has 1 unspecified atom stereocenters. The van der Waals surface area contributed by atoms with Crippen LogP contribution in [0.3, 0.4) is 0 Å². The molecule has 0 aliphatic rings. The van der Waals surface area contributed by atoms with Crippen molar-refractivity contribution < 1.29 is 9.23 Å². The van der Waals surface area contributed by atoms with Gasteiger partial charge in [-0.25, -0.2) is 4.39 Å². The van der Waals surface area contributed by atoms with E-state index in [1.165, 1.54) is 7.11 Å². The normalized spacial score (nSPS) is 12.8. The van der Waals surface area contributed by atoms with Crippen LogP contribution in [0.4, 0.5) is 4.39 Å². The van der Waals surface area contributed by atoms with E-state index in [2.05, 4.69) is 10.3 Å². The predicted molar refractivity (Wildman–Crippen MR) is 55.1 cm³/mol. The van der Waals surface area contributed by atoms with Crippen molar-refractivity contribution in [1.29, 1.82) is 0 Å². The average Bonchev–Trinajstić information content (AvgIpc) is 2.20. The molecule has 78 valence electrons. The predicted octanol–water partition coefficient (Wildman–Crippen LogP) is 2.37. The van der Waals surface area contributed by atoms with Crippen molar-refractivity contribution in [3.8, 4) is 0 Å². The number of halogens is 2. The fourth-order valence-electron chi connectivity index (χ4n) is 1.22. The maximum Gasteiger partial charge on any atom is 0.107 e. The Morgan fingerprint density at radius 2 is 2.21 bits per heavy atom. The molecule has 0 amide bonds. The van der Waals surface area contributed by atoms with E-state index in [-0.39, 0.29) is 6.04 Å². The van der Waals surface area contributed by atoms with Crippen molar-refractivity contribution in [3.63, 3.8) is 0 Å². The topological polar surface area (TPSA) is 21.3 Å². The molecule has 14 heavy (non-hydrogen) atoms. The number of hydroxylamine groups is 1. The second-order valence-corrected chi connectivity index (χ2v) is 3.38. The van der Waals surface area contributed by atoms with Gasteiger partial charge in [0.2, 0.25) is 0 Å². The molecule has 1 aromatic carbocycles. The van der Waals surface area contributed by atoms with Crippen molar-refractivity contribution in [3.05, 3.63) is 34.9 Å². The summed E-state index contributed by atoms with van der Waals surface area (Å²) < 4.78 is 12.5. The third-order valence-electron chi connectivity index (χ3n) is 1.89. The minimum Gasteiger partial charge on any atom is -0.305 e. The molecule has 0 saturated heterocycles. The highest BCUT2D eigenvalue weighted by atomic mass is 35.5. The first-order chi connectivity index (χ1) is 6.77. The van der Waals surface area contributed by atoms with Gasteiger partial charge in [0.05, 0.1) is 13.2 Å². The molecular formula is C10H13ClFNO. The van der Waals surface area contributed by atoms with Crippen molar-refractivity contribution >= 4 is 11.6 Å². The highest BCUT2D eigenvalue weighted by molar-refractivity contribution is 6.31. The van der Waals surface area contributed by atoms with Gasteiger partial charge in [0, 0.05) is 5.02 Å². The molecule has 4 heteroatoms. The molecule has 2 nitrogen and oxygen atoms in total.